The van der Waals surface area contributed by atoms with Gasteiger partial charge in [0.05, 0.1) is 24.0 Å². The molecule has 0 aliphatic carbocycles. The Kier molecular flexibility index (Phi) is 3.60. The summed E-state index contributed by atoms with van der Waals surface area (Å²) in [5.74, 6) is 1.30. The fourth-order valence-corrected chi connectivity index (χ4v) is 2.31. The Morgan fingerprint density at radius 3 is 3.00 bits per heavy atom. The summed E-state index contributed by atoms with van der Waals surface area (Å²) in [6.07, 6.45) is 3.26. The number of furan rings is 1. The minimum atomic E-state index is 0.556. The summed E-state index contributed by atoms with van der Waals surface area (Å²) in [7, 11) is 1.63. The fraction of sp³-hybridized carbons (Fsp3) is 0.0769. The highest BCUT2D eigenvalue weighted by Crippen LogP contribution is 2.28. The molecule has 20 heavy (non-hydrogen) atoms. The third kappa shape index (κ3) is 2.77. The summed E-state index contributed by atoms with van der Waals surface area (Å²) in [6.45, 7) is 0. The van der Waals surface area contributed by atoms with Gasteiger partial charge < -0.3 is 14.5 Å². The van der Waals surface area contributed by atoms with Gasteiger partial charge in [-0.25, -0.2) is 5.10 Å². The second-order valence-electron chi connectivity index (χ2n) is 3.85. The minimum absolute atomic E-state index is 0.556. The zero-order valence-corrected chi connectivity index (χ0v) is 11.5. The normalized spacial score (nSPS) is 10.4. The maximum absolute atomic E-state index is 5.27. The van der Waals surface area contributed by atoms with E-state index in [-0.39, 0.29) is 0 Å². The van der Waals surface area contributed by atoms with E-state index in [0.29, 0.717) is 11.1 Å². The molecule has 0 aliphatic heterocycles. The lowest BCUT2D eigenvalue weighted by atomic mass is 10.3. The molecule has 6 nitrogen and oxygen atoms in total. The summed E-state index contributed by atoms with van der Waals surface area (Å²) < 4.78 is 10.3. The van der Waals surface area contributed by atoms with Gasteiger partial charge in [0.25, 0.3) is 0 Å². The zero-order chi connectivity index (χ0) is 13.8. The zero-order valence-electron chi connectivity index (χ0n) is 10.7. The Morgan fingerprint density at radius 1 is 1.30 bits per heavy atom. The molecule has 3 rings (SSSR count). The first-order chi connectivity index (χ1) is 9.85. The molecule has 0 saturated carbocycles. The van der Waals surface area contributed by atoms with Crippen LogP contribution in [-0.4, -0.2) is 22.3 Å². The van der Waals surface area contributed by atoms with Crippen molar-refractivity contribution < 1.29 is 9.15 Å². The molecule has 0 atom stereocenters. The van der Waals surface area contributed by atoms with Crippen molar-refractivity contribution in [1.82, 2.24) is 15.2 Å². The maximum Gasteiger partial charge on any atom is 0.224 e. The van der Waals surface area contributed by atoms with Crippen molar-refractivity contribution in [2.75, 3.05) is 12.4 Å². The van der Waals surface area contributed by atoms with Crippen molar-refractivity contribution in [2.45, 2.75) is 10.1 Å². The first-order valence-electron chi connectivity index (χ1n) is 5.87. The van der Waals surface area contributed by atoms with Crippen molar-refractivity contribution in [2.24, 2.45) is 0 Å². The SMILES string of the molecule is COc1ccccc1Nc1nc(Sc2ccoc2)n[nH]1. The minimum Gasteiger partial charge on any atom is -0.495 e. The van der Waals surface area contributed by atoms with Gasteiger partial charge in [0.15, 0.2) is 0 Å². The van der Waals surface area contributed by atoms with Gasteiger partial charge in [-0.3, -0.25) is 0 Å². The van der Waals surface area contributed by atoms with E-state index in [1.165, 1.54) is 11.8 Å². The maximum atomic E-state index is 5.27. The largest absolute Gasteiger partial charge is 0.495 e. The van der Waals surface area contributed by atoms with Crippen LogP contribution in [0.4, 0.5) is 11.6 Å². The van der Waals surface area contributed by atoms with Gasteiger partial charge in [-0.15, -0.1) is 5.10 Å². The molecule has 0 bridgehead atoms. The van der Waals surface area contributed by atoms with E-state index >= 15 is 0 Å². The molecule has 0 amide bonds. The number of methoxy groups -OCH3 is 1. The van der Waals surface area contributed by atoms with Crippen LogP contribution in [0.3, 0.4) is 0 Å². The van der Waals surface area contributed by atoms with Crippen LogP contribution >= 0.6 is 11.8 Å². The van der Waals surface area contributed by atoms with Gasteiger partial charge >= 0.3 is 0 Å². The standard InChI is InChI=1S/C13H12N4O2S/c1-18-11-5-3-2-4-10(11)14-12-15-13(17-16-12)20-9-6-7-19-8-9/h2-8H,1H3,(H2,14,15,16,17). The number of ether oxygens (including phenoxy) is 1. The predicted octanol–water partition coefficient (Wildman–Crippen LogP) is 3.30. The van der Waals surface area contributed by atoms with E-state index in [0.717, 1.165) is 16.3 Å². The molecule has 0 radical (unpaired) electrons. The van der Waals surface area contributed by atoms with Crippen LogP contribution in [-0.2, 0) is 0 Å². The summed E-state index contributed by atoms with van der Waals surface area (Å²) in [6, 6.07) is 9.46. The Morgan fingerprint density at radius 2 is 2.20 bits per heavy atom. The second-order valence-corrected chi connectivity index (χ2v) is 4.89. The van der Waals surface area contributed by atoms with E-state index in [2.05, 4.69) is 20.5 Å². The second kappa shape index (κ2) is 5.70. The van der Waals surface area contributed by atoms with E-state index < -0.39 is 0 Å². The van der Waals surface area contributed by atoms with Gasteiger partial charge in [0.2, 0.25) is 11.1 Å². The highest BCUT2D eigenvalue weighted by molar-refractivity contribution is 7.99. The first-order valence-corrected chi connectivity index (χ1v) is 6.69. The van der Waals surface area contributed by atoms with Gasteiger partial charge in [0.1, 0.15) is 12.0 Å². The molecule has 102 valence electrons. The summed E-state index contributed by atoms with van der Waals surface area (Å²) in [5, 5.41) is 10.7. The molecule has 0 fully saturated rings. The van der Waals surface area contributed by atoms with Crippen LogP contribution in [0.15, 0.2) is 57.3 Å². The number of benzene rings is 1. The summed E-state index contributed by atoms with van der Waals surface area (Å²) in [4.78, 5) is 5.30. The topological polar surface area (TPSA) is 76.0 Å². The van der Waals surface area contributed by atoms with Crippen LogP contribution in [0, 0.1) is 0 Å². The van der Waals surface area contributed by atoms with Gasteiger partial charge in [0, 0.05) is 0 Å². The number of para-hydroxylation sites is 2. The predicted molar refractivity (Wildman–Crippen MR) is 75.5 cm³/mol. The van der Waals surface area contributed by atoms with Gasteiger partial charge in [-0.1, -0.05) is 12.1 Å². The summed E-state index contributed by atoms with van der Waals surface area (Å²) in [5.41, 5.74) is 0.825. The van der Waals surface area contributed by atoms with E-state index in [4.69, 9.17) is 9.15 Å². The number of hydrogen-bond acceptors (Lipinski definition) is 6. The highest BCUT2D eigenvalue weighted by Gasteiger charge is 2.08. The van der Waals surface area contributed by atoms with Gasteiger partial charge in [-0.2, -0.15) is 4.98 Å². The number of nitrogens with zero attached hydrogens (tertiary/aromatic N) is 2. The van der Waals surface area contributed by atoms with Crippen LogP contribution in [0.25, 0.3) is 0 Å². The number of hydrogen-bond donors (Lipinski definition) is 2. The Hall–Kier alpha value is -2.41. The molecule has 7 heteroatoms. The Balaban J connectivity index is 1.74. The van der Waals surface area contributed by atoms with Crippen LogP contribution in [0.1, 0.15) is 0 Å². The number of rotatable bonds is 5. The molecular weight excluding hydrogens is 276 g/mol. The van der Waals surface area contributed by atoms with E-state index in [9.17, 15) is 0 Å². The molecule has 0 saturated heterocycles. The highest BCUT2D eigenvalue weighted by atomic mass is 32.2. The van der Waals surface area contributed by atoms with Crippen molar-refractivity contribution in [3.8, 4) is 5.75 Å². The molecule has 3 aromatic rings. The quantitative estimate of drug-likeness (QED) is 0.750. The number of H-pyrrole nitrogens is 1. The fourth-order valence-electron chi connectivity index (χ4n) is 1.64. The van der Waals surface area contributed by atoms with E-state index in [1.807, 2.05) is 30.3 Å². The lowest BCUT2D eigenvalue weighted by Crippen LogP contribution is -1.95. The van der Waals surface area contributed by atoms with Crippen LogP contribution in [0.5, 0.6) is 5.75 Å². The number of aromatic nitrogens is 3. The van der Waals surface area contributed by atoms with Crippen molar-refractivity contribution in [3.05, 3.63) is 42.9 Å². The van der Waals surface area contributed by atoms with Crippen molar-refractivity contribution in [3.63, 3.8) is 0 Å². The number of nitrogens with one attached hydrogen (secondary N) is 2. The smallest absolute Gasteiger partial charge is 0.224 e. The molecule has 2 N–H and O–H groups in total. The molecule has 0 spiro atoms. The third-order valence-electron chi connectivity index (χ3n) is 2.53. The summed E-state index contributed by atoms with van der Waals surface area (Å²) >= 11 is 1.42. The monoisotopic (exact) mass is 288 g/mol. The molecule has 2 heterocycles. The van der Waals surface area contributed by atoms with E-state index in [1.54, 1.807) is 19.6 Å². The van der Waals surface area contributed by atoms with Crippen LogP contribution < -0.4 is 10.1 Å². The lowest BCUT2D eigenvalue weighted by Gasteiger charge is -2.07. The molecule has 2 aromatic heterocycles. The molecule has 0 aliphatic rings. The third-order valence-corrected chi connectivity index (χ3v) is 3.36. The number of aromatic amines is 1. The van der Waals surface area contributed by atoms with Crippen molar-refractivity contribution in [1.29, 1.82) is 0 Å². The van der Waals surface area contributed by atoms with Crippen LogP contribution in [0.2, 0.25) is 0 Å². The molecular formula is C13H12N4O2S. The Labute approximate surface area is 119 Å². The first kappa shape index (κ1) is 12.6. The average molecular weight is 288 g/mol. The molecule has 0 unspecified atom stereocenters. The number of anilines is 2. The molecule has 1 aromatic carbocycles. The average Bonchev–Trinajstić information content (AvgIpc) is 3.12. The Bertz CT molecular complexity index is 681. The van der Waals surface area contributed by atoms with Crippen molar-refractivity contribution >= 4 is 23.4 Å². The van der Waals surface area contributed by atoms with Gasteiger partial charge in [-0.05, 0) is 30.0 Å². The lowest BCUT2D eigenvalue weighted by molar-refractivity contribution is 0.417.